The third-order valence-corrected chi connectivity index (χ3v) is 7.24. The molecule has 15 nitrogen and oxygen atoms in total. The van der Waals surface area contributed by atoms with E-state index in [9.17, 15) is 24.0 Å². The second-order valence-electron chi connectivity index (χ2n) is 11.7. The number of hydrogen-bond acceptors (Lipinski definition) is 9. The van der Waals surface area contributed by atoms with Gasteiger partial charge in [0.15, 0.2) is 17.3 Å². The third-order valence-electron chi connectivity index (χ3n) is 7.24. The number of nitrogens with zero attached hydrogens (tertiary/aromatic N) is 4. The van der Waals surface area contributed by atoms with Gasteiger partial charge in [0.25, 0.3) is 5.91 Å². The molecule has 246 valence electrons. The Morgan fingerprint density at radius 1 is 1.02 bits per heavy atom. The van der Waals surface area contributed by atoms with Crippen molar-refractivity contribution in [2.24, 2.45) is 13.0 Å². The number of hydrogen-bond donors (Lipinski definition) is 5. The Morgan fingerprint density at radius 3 is 2.46 bits per heavy atom. The number of benzene rings is 1. The van der Waals surface area contributed by atoms with Crippen molar-refractivity contribution < 1.29 is 28.5 Å². The number of fused-ring (bicyclic) bond motifs is 2. The Bertz CT molecular complexity index is 1520. The molecule has 3 heterocycles. The Hall–Kier alpha value is -5.05. The number of carbonyl (C=O) groups is 5. The lowest BCUT2D eigenvalue weighted by atomic mass is 10.0. The number of aromatic nitrogens is 3. The highest BCUT2D eigenvalue weighted by atomic mass is 16.5. The summed E-state index contributed by atoms with van der Waals surface area (Å²) in [5.74, 6) is -1.79. The molecule has 0 unspecified atom stereocenters. The van der Waals surface area contributed by atoms with E-state index < -0.39 is 41.8 Å². The van der Waals surface area contributed by atoms with Crippen molar-refractivity contribution in [1.29, 1.82) is 0 Å². The van der Waals surface area contributed by atoms with Crippen LogP contribution in [0.4, 0.5) is 5.82 Å². The van der Waals surface area contributed by atoms with Gasteiger partial charge in [-0.25, -0.2) is 0 Å². The minimum atomic E-state index is -1.01. The largest absolute Gasteiger partial charge is 0.359 e. The second kappa shape index (κ2) is 15.8. The van der Waals surface area contributed by atoms with Crippen LogP contribution in [0.3, 0.4) is 0 Å². The summed E-state index contributed by atoms with van der Waals surface area (Å²) in [6.07, 6.45) is 2.22. The standard InChI is InChI=1S/C31H41N9O6/c1-19(2)14-23-30(44)35-24(15-21-8-6-5-7-9-21)29(43)32-11-13-40(18-27(41)36-26-10-12-39(4)37-26)17-22-16-25(38-46-22)31(45)33-20(3)28(42)34-23/h5-10,12,16,19-20,23-24H,11,13-15,17-18H2,1-4H3,(H,32,43)(H,33,45)(H,34,42)(H,35,44)(H,36,37,41)/t20-,23-,24-/m1/s1. The summed E-state index contributed by atoms with van der Waals surface area (Å²) in [7, 11) is 1.73. The zero-order chi connectivity index (χ0) is 33.2. The highest BCUT2D eigenvalue weighted by molar-refractivity contribution is 5.97. The Kier molecular flexibility index (Phi) is 11.6. The number of nitrogens with one attached hydrogen (secondary N) is 5. The van der Waals surface area contributed by atoms with Gasteiger partial charge in [0, 0.05) is 44.9 Å². The first-order chi connectivity index (χ1) is 22.0. The van der Waals surface area contributed by atoms with Crippen LogP contribution in [-0.4, -0.2) is 87.1 Å². The molecule has 2 aromatic heterocycles. The molecule has 0 saturated carbocycles. The second-order valence-corrected chi connectivity index (χ2v) is 11.7. The number of carbonyl (C=O) groups excluding carboxylic acids is 5. The maximum atomic E-state index is 13.5. The summed E-state index contributed by atoms with van der Waals surface area (Å²) in [6, 6.07) is 9.43. The van der Waals surface area contributed by atoms with Gasteiger partial charge in [-0.15, -0.1) is 0 Å². The monoisotopic (exact) mass is 635 g/mol. The maximum Gasteiger partial charge on any atom is 0.274 e. The van der Waals surface area contributed by atoms with Crippen LogP contribution in [0.25, 0.3) is 0 Å². The molecular weight excluding hydrogens is 594 g/mol. The SMILES string of the molecule is CC(C)C[C@H]1NC(=O)[C@@H](C)NC(=O)c2cc(on2)CN(CC(=O)Nc2ccn(C)n2)CCNC(=O)[C@@H](Cc2ccccc2)NC1=O. The average molecular weight is 636 g/mol. The van der Waals surface area contributed by atoms with Crippen LogP contribution < -0.4 is 26.6 Å². The van der Waals surface area contributed by atoms with Crippen LogP contribution in [0, 0.1) is 5.92 Å². The molecular formula is C31H41N9O6. The fraction of sp³-hybridized carbons (Fsp3) is 0.452. The third kappa shape index (κ3) is 9.99. The minimum Gasteiger partial charge on any atom is -0.359 e. The lowest BCUT2D eigenvalue weighted by Crippen LogP contribution is -2.57. The smallest absolute Gasteiger partial charge is 0.274 e. The first kappa shape index (κ1) is 33.8. The molecule has 2 bridgehead atoms. The molecule has 1 aliphatic heterocycles. The van der Waals surface area contributed by atoms with E-state index in [0.717, 1.165) is 5.56 Å². The van der Waals surface area contributed by atoms with Crippen molar-refractivity contribution >= 4 is 35.4 Å². The van der Waals surface area contributed by atoms with E-state index in [2.05, 4.69) is 36.8 Å². The van der Waals surface area contributed by atoms with Gasteiger partial charge >= 0.3 is 0 Å². The Morgan fingerprint density at radius 2 is 1.76 bits per heavy atom. The van der Waals surface area contributed by atoms with Crippen LogP contribution in [0.1, 0.15) is 49.0 Å². The molecule has 5 N–H and O–H groups in total. The van der Waals surface area contributed by atoms with Crippen molar-refractivity contribution in [3.63, 3.8) is 0 Å². The molecule has 0 aliphatic carbocycles. The molecule has 3 atom stereocenters. The molecule has 1 aliphatic rings. The van der Waals surface area contributed by atoms with E-state index in [1.165, 1.54) is 13.0 Å². The molecule has 5 amide bonds. The van der Waals surface area contributed by atoms with Crippen molar-refractivity contribution in [3.8, 4) is 0 Å². The molecule has 1 aromatic carbocycles. The van der Waals surface area contributed by atoms with Crippen LogP contribution in [0.15, 0.2) is 53.2 Å². The van der Waals surface area contributed by atoms with Gasteiger partial charge < -0.3 is 31.1 Å². The van der Waals surface area contributed by atoms with Crippen LogP contribution >= 0.6 is 0 Å². The van der Waals surface area contributed by atoms with Gasteiger partial charge in [-0.1, -0.05) is 49.3 Å². The maximum absolute atomic E-state index is 13.5. The first-order valence-electron chi connectivity index (χ1n) is 15.2. The van der Waals surface area contributed by atoms with E-state index in [-0.39, 0.29) is 50.1 Å². The molecule has 0 spiro atoms. The van der Waals surface area contributed by atoms with Crippen molar-refractivity contribution in [3.05, 3.63) is 65.7 Å². The minimum absolute atomic E-state index is 0.0367. The Balaban J connectivity index is 1.58. The lowest BCUT2D eigenvalue weighted by Gasteiger charge is -2.26. The van der Waals surface area contributed by atoms with Gasteiger partial charge in [-0.2, -0.15) is 5.10 Å². The van der Waals surface area contributed by atoms with Crippen molar-refractivity contribution in [2.45, 2.75) is 58.3 Å². The van der Waals surface area contributed by atoms with E-state index in [1.807, 2.05) is 44.2 Å². The number of anilines is 1. The summed E-state index contributed by atoms with van der Waals surface area (Å²) < 4.78 is 6.94. The summed E-state index contributed by atoms with van der Waals surface area (Å²) in [6.45, 7) is 5.66. The summed E-state index contributed by atoms with van der Waals surface area (Å²) in [5.41, 5.74) is 0.780. The fourth-order valence-electron chi connectivity index (χ4n) is 4.92. The van der Waals surface area contributed by atoms with Crippen LogP contribution in [0.2, 0.25) is 0 Å². The van der Waals surface area contributed by atoms with E-state index in [1.54, 1.807) is 28.9 Å². The lowest BCUT2D eigenvalue weighted by molar-refractivity contribution is -0.132. The normalized spacial score (nSPS) is 20.6. The molecule has 0 saturated heterocycles. The Labute approximate surface area is 266 Å². The predicted octanol–water partition coefficient (Wildman–Crippen LogP) is 0.355. The van der Waals surface area contributed by atoms with Crippen LogP contribution in [0.5, 0.6) is 0 Å². The topological polar surface area (TPSA) is 193 Å². The molecule has 46 heavy (non-hydrogen) atoms. The van der Waals surface area contributed by atoms with Gasteiger partial charge in [0.2, 0.25) is 23.6 Å². The van der Waals surface area contributed by atoms with E-state index in [0.29, 0.717) is 18.0 Å². The highest BCUT2D eigenvalue weighted by Gasteiger charge is 2.30. The predicted molar refractivity (Wildman–Crippen MR) is 167 cm³/mol. The van der Waals surface area contributed by atoms with Gasteiger partial charge in [-0.3, -0.25) is 33.6 Å². The molecule has 4 rings (SSSR count). The fourth-order valence-corrected chi connectivity index (χ4v) is 4.92. The molecule has 0 fully saturated rings. The van der Waals surface area contributed by atoms with E-state index in [4.69, 9.17) is 4.52 Å². The van der Waals surface area contributed by atoms with Gasteiger partial charge in [0.1, 0.15) is 18.1 Å². The average Bonchev–Trinajstić information content (AvgIpc) is 3.64. The zero-order valence-corrected chi connectivity index (χ0v) is 26.4. The molecule has 15 heteroatoms. The molecule has 0 radical (unpaired) electrons. The highest BCUT2D eigenvalue weighted by Crippen LogP contribution is 2.11. The van der Waals surface area contributed by atoms with Gasteiger partial charge in [0.05, 0.1) is 13.1 Å². The van der Waals surface area contributed by atoms with Gasteiger partial charge in [-0.05, 0) is 24.8 Å². The summed E-state index contributed by atoms with van der Waals surface area (Å²) >= 11 is 0. The van der Waals surface area contributed by atoms with Crippen LogP contribution in [-0.2, 0) is 39.2 Å². The zero-order valence-electron chi connectivity index (χ0n) is 26.4. The summed E-state index contributed by atoms with van der Waals surface area (Å²) in [5, 5.41) is 21.7. The number of amides is 5. The first-order valence-corrected chi connectivity index (χ1v) is 15.2. The summed E-state index contributed by atoms with van der Waals surface area (Å²) in [4.78, 5) is 67.6. The van der Waals surface area contributed by atoms with E-state index >= 15 is 0 Å². The van der Waals surface area contributed by atoms with Crippen molar-refractivity contribution in [1.82, 2.24) is 41.1 Å². The quantitative estimate of drug-likeness (QED) is 0.244. The van der Waals surface area contributed by atoms with Crippen molar-refractivity contribution in [2.75, 3.05) is 25.0 Å². The number of rotatable bonds is 7. The number of aryl methyl sites for hydroxylation is 1. The molecule has 3 aromatic rings.